The maximum Gasteiger partial charge on any atom is 0.408 e. The number of amides is 4. The number of benzene rings is 1. The van der Waals surface area contributed by atoms with Crippen molar-refractivity contribution in [3.8, 4) is 11.8 Å². The number of aromatic nitrogens is 1. The minimum atomic E-state index is -3.97. The van der Waals surface area contributed by atoms with Gasteiger partial charge in [-0.05, 0) is 83.3 Å². The predicted molar refractivity (Wildman–Crippen MR) is 207 cm³/mol. The highest BCUT2D eigenvalue weighted by molar-refractivity contribution is 7.91. The first-order valence-electron chi connectivity index (χ1n) is 19.3. The average Bonchev–Trinajstić information content (AvgIpc) is 4.04. The van der Waals surface area contributed by atoms with E-state index in [9.17, 15) is 36.7 Å². The highest BCUT2D eigenvalue weighted by atomic mass is 35.5. The molecule has 1 aromatic carbocycles. The molecular weight excluding hydrogens is 788 g/mol. The summed E-state index contributed by atoms with van der Waals surface area (Å²) >= 11 is 6.47. The molecule has 0 unspecified atom stereocenters. The van der Waals surface area contributed by atoms with Crippen LogP contribution in [0.4, 0.5) is 13.6 Å². The molecule has 2 aliphatic heterocycles. The molecule has 2 saturated carbocycles. The lowest BCUT2D eigenvalue weighted by molar-refractivity contribution is -0.146. The van der Waals surface area contributed by atoms with Crippen molar-refractivity contribution in [3.05, 3.63) is 41.4 Å². The molecule has 1 saturated heterocycles. The lowest BCUT2D eigenvalue weighted by atomic mass is 9.85. The van der Waals surface area contributed by atoms with Crippen LogP contribution >= 0.6 is 11.6 Å². The van der Waals surface area contributed by atoms with Crippen molar-refractivity contribution in [2.24, 2.45) is 17.8 Å². The van der Waals surface area contributed by atoms with E-state index in [2.05, 4.69) is 15.0 Å². The molecule has 3 fully saturated rings. The predicted octanol–water partition coefficient (Wildman–Crippen LogP) is 5.52. The van der Waals surface area contributed by atoms with Gasteiger partial charge in [0.05, 0.1) is 11.8 Å². The molecule has 57 heavy (non-hydrogen) atoms. The summed E-state index contributed by atoms with van der Waals surface area (Å²) in [4.78, 5) is 63.1. The molecule has 312 valence electrons. The number of carboxylic acid groups (broad SMARTS) is 1. The lowest BCUT2D eigenvalue weighted by Gasteiger charge is -2.43. The number of allylic oxidation sites excluding steroid dienone is 1. The van der Waals surface area contributed by atoms with Gasteiger partial charge in [-0.25, -0.2) is 22.0 Å². The van der Waals surface area contributed by atoms with E-state index in [1.807, 2.05) is 26.0 Å². The molecule has 14 nitrogen and oxygen atoms in total. The summed E-state index contributed by atoms with van der Waals surface area (Å²) in [6, 6.07) is 3.74. The van der Waals surface area contributed by atoms with Crippen LogP contribution in [0.3, 0.4) is 0 Å². The first kappa shape index (κ1) is 42.4. The first-order valence-corrected chi connectivity index (χ1v) is 21.2. The number of hydrogen-bond donors (Lipinski definition) is 3. The van der Waals surface area contributed by atoms with Gasteiger partial charge in [-0.1, -0.05) is 43.7 Å². The van der Waals surface area contributed by atoms with Crippen molar-refractivity contribution in [3.63, 3.8) is 0 Å². The number of ether oxygens (including phenoxy) is 2. The molecule has 0 spiro atoms. The van der Waals surface area contributed by atoms with E-state index < -0.39 is 93.2 Å². The number of carbonyl (C=O) groups is 4. The summed E-state index contributed by atoms with van der Waals surface area (Å²) in [7, 11) is -3.97. The van der Waals surface area contributed by atoms with E-state index >= 15 is 4.79 Å². The zero-order valence-corrected chi connectivity index (χ0v) is 34.1. The van der Waals surface area contributed by atoms with Crippen LogP contribution in [-0.4, -0.2) is 106 Å². The smallest absolute Gasteiger partial charge is 0.408 e. The average molecular weight is 838 g/mol. The lowest BCUT2D eigenvalue weighted by Crippen LogP contribution is -2.62. The summed E-state index contributed by atoms with van der Waals surface area (Å²) in [5, 5.41) is 13.8. The van der Waals surface area contributed by atoms with Crippen LogP contribution in [0.5, 0.6) is 11.8 Å². The van der Waals surface area contributed by atoms with Gasteiger partial charge < -0.3 is 24.8 Å². The monoisotopic (exact) mass is 837 g/mol. The number of halogens is 3. The van der Waals surface area contributed by atoms with Gasteiger partial charge in [0.2, 0.25) is 33.6 Å². The van der Waals surface area contributed by atoms with E-state index in [1.54, 1.807) is 39.0 Å². The Labute approximate surface area is 335 Å². The highest BCUT2D eigenvalue weighted by Crippen LogP contribution is 2.46. The third-order valence-electron chi connectivity index (χ3n) is 11.2. The van der Waals surface area contributed by atoms with Gasteiger partial charge in [0.15, 0.2) is 6.61 Å². The van der Waals surface area contributed by atoms with Crippen molar-refractivity contribution in [2.45, 2.75) is 121 Å². The van der Waals surface area contributed by atoms with Gasteiger partial charge in [-0.3, -0.25) is 24.0 Å². The molecule has 4 aliphatic rings. The molecule has 3 N–H and O–H groups in total. The van der Waals surface area contributed by atoms with Crippen LogP contribution in [0.1, 0.15) is 79.6 Å². The fourth-order valence-corrected chi connectivity index (χ4v) is 9.72. The Bertz CT molecular complexity index is 2040. The molecule has 3 heterocycles. The second-order valence-corrected chi connectivity index (χ2v) is 19.2. The fraction of sp³-hybridized carbons (Fsp3) is 0.615. The van der Waals surface area contributed by atoms with Gasteiger partial charge in [0.25, 0.3) is 12.3 Å². The Balaban J connectivity index is 1.41. The number of carbonyl (C=O) groups excluding carboxylic acids is 3. The SMILES string of the molecule is C[C@H]1CC/C=C\[C@@H]2C[C@@]2(C(=O)NS(=O)(=O)C2CC2)NC(=O)[C@@H]2C[C@@H](Oc3nc(OCC(F)F)cc4c(Cl)cccc34)CN2C(=O)[C@@H](N(C(=O)O)C(C)(C)C)[C@H](C)C1. The summed E-state index contributed by atoms with van der Waals surface area (Å²) < 4.78 is 65.8. The number of sulfonamides is 1. The third kappa shape index (κ3) is 9.24. The summed E-state index contributed by atoms with van der Waals surface area (Å²) in [6.07, 6.45) is 1.21. The molecule has 2 aliphatic carbocycles. The van der Waals surface area contributed by atoms with E-state index in [4.69, 9.17) is 21.1 Å². The number of nitrogens with one attached hydrogen (secondary N) is 2. The second kappa shape index (κ2) is 16.2. The van der Waals surface area contributed by atoms with Gasteiger partial charge in [0, 0.05) is 39.7 Å². The van der Waals surface area contributed by atoms with E-state index in [1.165, 1.54) is 11.0 Å². The molecule has 4 amide bonds. The quantitative estimate of drug-likeness (QED) is 0.272. The molecule has 2 aromatic rings. The Morgan fingerprint density at radius 3 is 2.53 bits per heavy atom. The molecule has 18 heteroatoms. The number of pyridine rings is 1. The second-order valence-electron chi connectivity index (χ2n) is 16.8. The Morgan fingerprint density at radius 1 is 1.16 bits per heavy atom. The number of fused-ring (bicyclic) bond motifs is 3. The van der Waals surface area contributed by atoms with Crippen LogP contribution < -0.4 is 19.5 Å². The minimum absolute atomic E-state index is 0.0487. The van der Waals surface area contributed by atoms with Crippen LogP contribution in [0, 0.1) is 17.8 Å². The van der Waals surface area contributed by atoms with Gasteiger partial charge in [0.1, 0.15) is 23.7 Å². The molecular formula is C39H50ClF2N5O9S. The van der Waals surface area contributed by atoms with Crippen molar-refractivity contribution in [1.29, 1.82) is 0 Å². The summed E-state index contributed by atoms with van der Waals surface area (Å²) in [5.41, 5.74) is -2.66. The largest absolute Gasteiger partial charge is 0.472 e. The van der Waals surface area contributed by atoms with Crippen LogP contribution in [0.2, 0.25) is 5.02 Å². The Hall–Kier alpha value is -4.25. The standard InChI is InChI=1S/C39H50ClF2N5O9S/c1-21-9-6-7-10-23-18-39(23,36(50)45-57(53,54)25-13-14-25)44-33(48)29-16-24(19-46(29)35(49)32(22(2)15-21)47(37(51)52)38(3,4)5)56-34-26-11-8-12-28(40)27(26)17-31(43-34)55-20-30(41)42/h7-8,10-12,17,21-25,29-30,32H,6,9,13-16,18-20H2,1-5H3,(H,44,48)(H,45,50)(H,51,52)/b10-7-/t21-,22+,23+,24+,29-,32-,39+/m0/s1. The van der Waals surface area contributed by atoms with Crippen molar-refractivity contribution >= 4 is 56.2 Å². The molecule has 6 rings (SSSR count). The van der Waals surface area contributed by atoms with Crippen molar-refractivity contribution < 1.29 is 51.0 Å². The molecule has 0 bridgehead atoms. The van der Waals surface area contributed by atoms with Gasteiger partial charge in [-0.2, -0.15) is 4.98 Å². The zero-order chi connectivity index (χ0) is 41.6. The first-order chi connectivity index (χ1) is 26.7. The Kier molecular flexibility index (Phi) is 12.0. The third-order valence-corrected chi connectivity index (χ3v) is 13.3. The van der Waals surface area contributed by atoms with Crippen LogP contribution in [0.25, 0.3) is 10.8 Å². The Morgan fingerprint density at radius 2 is 1.88 bits per heavy atom. The summed E-state index contributed by atoms with van der Waals surface area (Å²) in [6.45, 7) is 7.70. The number of hydrogen-bond acceptors (Lipinski definition) is 9. The number of rotatable bonds is 9. The van der Waals surface area contributed by atoms with Crippen molar-refractivity contribution in [2.75, 3.05) is 13.2 Å². The highest BCUT2D eigenvalue weighted by Gasteiger charge is 2.62. The maximum atomic E-state index is 15.0. The van der Waals surface area contributed by atoms with E-state index in [0.717, 1.165) is 4.90 Å². The topological polar surface area (TPSA) is 185 Å². The van der Waals surface area contributed by atoms with Gasteiger partial charge in [-0.15, -0.1) is 0 Å². The minimum Gasteiger partial charge on any atom is -0.472 e. The normalized spacial score (nSPS) is 29.0. The molecule has 7 atom stereocenters. The molecule has 0 radical (unpaired) electrons. The molecule has 1 aromatic heterocycles. The number of nitrogens with zero attached hydrogens (tertiary/aromatic N) is 3. The van der Waals surface area contributed by atoms with Crippen LogP contribution in [-0.2, 0) is 24.4 Å². The number of alkyl halides is 2. The van der Waals surface area contributed by atoms with E-state index in [-0.39, 0.29) is 42.1 Å². The zero-order valence-electron chi connectivity index (χ0n) is 32.5. The van der Waals surface area contributed by atoms with Crippen molar-refractivity contribution in [1.82, 2.24) is 24.8 Å². The maximum absolute atomic E-state index is 15.0. The van der Waals surface area contributed by atoms with E-state index in [0.29, 0.717) is 42.9 Å². The fourth-order valence-electron chi connectivity index (χ4n) is 8.12. The van der Waals surface area contributed by atoms with Gasteiger partial charge >= 0.3 is 6.09 Å². The summed E-state index contributed by atoms with van der Waals surface area (Å²) in [5.74, 6) is -3.52. The van der Waals surface area contributed by atoms with Crippen LogP contribution in [0.15, 0.2) is 36.4 Å².